The number of hydrogen-bond donors (Lipinski definition) is 3. The molecule has 0 aliphatic carbocycles. The zero-order valence-corrected chi connectivity index (χ0v) is 12.4. The van der Waals surface area contributed by atoms with E-state index in [0.717, 1.165) is 0 Å². The monoisotopic (exact) mass is 327 g/mol. The minimum atomic E-state index is -3.86. The molecule has 0 amide bonds. The highest BCUT2D eigenvalue weighted by atomic mass is 35.5. The zero-order chi connectivity index (χ0) is 14.8. The second-order valence-electron chi connectivity index (χ2n) is 3.90. The van der Waals surface area contributed by atoms with Crippen LogP contribution < -0.4 is 15.6 Å². The van der Waals surface area contributed by atoms with Crippen molar-refractivity contribution in [2.24, 2.45) is 5.14 Å². The lowest BCUT2D eigenvalue weighted by Crippen LogP contribution is -2.31. The Bertz CT molecular complexity index is 686. The summed E-state index contributed by atoms with van der Waals surface area (Å²) < 4.78 is 47.5. The summed E-state index contributed by atoms with van der Waals surface area (Å²) in [4.78, 5) is -0.0520. The van der Waals surface area contributed by atoms with E-state index in [1.807, 2.05) is 0 Å². The molecule has 0 saturated carbocycles. The Hall–Kier alpha value is -0.870. The number of nitrogens with one attached hydrogen (secondary N) is 1. The van der Waals surface area contributed by atoms with Crippen LogP contribution in [0.5, 0.6) is 0 Å². The number of nitrogens with two attached hydrogens (primary N) is 2. The van der Waals surface area contributed by atoms with Crippen LogP contribution in [0.25, 0.3) is 0 Å². The fourth-order valence-corrected chi connectivity index (χ4v) is 3.38. The molecule has 0 unspecified atom stereocenters. The van der Waals surface area contributed by atoms with Crippen molar-refractivity contribution in [1.82, 2.24) is 4.72 Å². The normalized spacial score (nSPS) is 12.6. The van der Waals surface area contributed by atoms with Crippen molar-refractivity contribution in [3.8, 4) is 0 Å². The molecule has 0 atom stereocenters. The number of primary sulfonamides is 1. The molecule has 0 aromatic heterocycles. The third-order valence-electron chi connectivity index (χ3n) is 2.26. The van der Waals surface area contributed by atoms with Crippen molar-refractivity contribution >= 4 is 37.3 Å². The molecular weight excluding hydrogens is 314 g/mol. The van der Waals surface area contributed by atoms with Gasteiger partial charge in [0.1, 0.15) is 0 Å². The number of sulfonamides is 2. The Kier molecular flexibility index (Phi) is 4.80. The number of nitrogen functional groups attached to an aromatic ring is 1. The maximum Gasteiger partial charge on any atom is 0.240 e. The third kappa shape index (κ3) is 4.62. The largest absolute Gasteiger partial charge is 0.397 e. The van der Waals surface area contributed by atoms with Crippen LogP contribution in [0.15, 0.2) is 17.0 Å². The lowest BCUT2D eigenvalue weighted by atomic mass is 10.2. The molecule has 0 saturated heterocycles. The molecule has 0 bridgehead atoms. The average molecular weight is 328 g/mol. The van der Waals surface area contributed by atoms with Crippen LogP contribution in [0.3, 0.4) is 0 Å². The van der Waals surface area contributed by atoms with E-state index in [4.69, 9.17) is 22.5 Å². The number of benzene rings is 1. The predicted octanol–water partition coefficient (Wildman–Crippen LogP) is -0.203. The van der Waals surface area contributed by atoms with Crippen LogP contribution in [-0.4, -0.2) is 29.1 Å². The van der Waals surface area contributed by atoms with Crippen LogP contribution in [0.2, 0.25) is 5.02 Å². The van der Waals surface area contributed by atoms with Crippen molar-refractivity contribution in [3.05, 3.63) is 22.7 Å². The van der Waals surface area contributed by atoms with E-state index < -0.39 is 25.8 Å². The highest BCUT2D eigenvalue weighted by Gasteiger charge is 2.18. The molecule has 0 heterocycles. The second-order valence-corrected chi connectivity index (χ2v) is 7.78. The van der Waals surface area contributed by atoms with Crippen molar-refractivity contribution < 1.29 is 16.8 Å². The van der Waals surface area contributed by atoms with Gasteiger partial charge in [-0.3, -0.25) is 0 Å². The smallest absolute Gasteiger partial charge is 0.240 e. The first-order valence-electron chi connectivity index (χ1n) is 5.09. The molecule has 1 aromatic rings. The molecule has 108 valence electrons. The number of hydrogen-bond acceptors (Lipinski definition) is 5. The van der Waals surface area contributed by atoms with Crippen LogP contribution in [0.1, 0.15) is 5.56 Å². The van der Waals surface area contributed by atoms with Crippen LogP contribution in [0, 0.1) is 6.92 Å². The highest BCUT2D eigenvalue weighted by Crippen LogP contribution is 2.25. The summed E-state index contributed by atoms with van der Waals surface area (Å²) in [5.41, 5.74) is 6.07. The molecule has 1 aromatic carbocycles. The molecule has 7 nitrogen and oxygen atoms in total. The third-order valence-corrected chi connectivity index (χ3v) is 4.97. The molecule has 19 heavy (non-hydrogen) atoms. The molecule has 1 rings (SSSR count). The standard InChI is InChI=1S/C9H14ClN3O4S2/c1-6-4-7(10)8(11)5-9(6)19(16,17)13-2-3-18(12,14)15/h4-5,13H,2-3,11H2,1H3,(H2,12,14,15). The van der Waals surface area contributed by atoms with Crippen molar-refractivity contribution in [2.45, 2.75) is 11.8 Å². The first-order valence-corrected chi connectivity index (χ1v) is 8.66. The molecule has 0 aliphatic rings. The Morgan fingerprint density at radius 1 is 1.26 bits per heavy atom. The van der Waals surface area contributed by atoms with Gasteiger partial charge < -0.3 is 5.73 Å². The lowest BCUT2D eigenvalue weighted by molar-refractivity contribution is 0.581. The fraction of sp³-hybridized carbons (Fsp3) is 0.333. The van der Waals surface area contributed by atoms with Gasteiger partial charge in [0, 0.05) is 6.54 Å². The van der Waals surface area contributed by atoms with Gasteiger partial charge in [-0.05, 0) is 24.6 Å². The van der Waals surface area contributed by atoms with Gasteiger partial charge >= 0.3 is 0 Å². The van der Waals surface area contributed by atoms with Crippen molar-refractivity contribution in [2.75, 3.05) is 18.0 Å². The van der Waals surface area contributed by atoms with Gasteiger partial charge in [0.25, 0.3) is 0 Å². The minimum absolute atomic E-state index is 0.0520. The lowest BCUT2D eigenvalue weighted by Gasteiger charge is -2.10. The molecule has 0 radical (unpaired) electrons. The number of rotatable bonds is 5. The summed E-state index contributed by atoms with van der Waals surface area (Å²) >= 11 is 5.76. The van der Waals surface area contributed by atoms with E-state index in [9.17, 15) is 16.8 Å². The Labute approximate surface area is 117 Å². The molecule has 0 spiro atoms. The Morgan fingerprint density at radius 3 is 2.37 bits per heavy atom. The van der Waals surface area contributed by atoms with E-state index in [-0.39, 0.29) is 22.2 Å². The number of halogens is 1. The van der Waals surface area contributed by atoms with Crippen molar-refractivity contribution in [3.63, 3.8) is 0 Å². The topological polar surface area (TPSA) is 132 Å². The maximum absolute atomic E-state index is 12.0. The van der Waals surface area contributed by atoms with Crippen LogP contribution >= 0.6 is 11.6 Å². The van der Waals surface area contributed by atoms with E-state index in [2.05, 4.69) is 4.72 Å². The summed E-state index contributed by atoms with van der Waals surface area (Å²) in [6.07, 6.45) is 0. The van der Waals surface area contributed by atoms with Gasteiger partial charge in [-0.2, -0.15) is 0 Å². The summed E-state index contributed by atoms with van der Waals surface area (Å²) in [5.74, 6) is -0.492. The van der Waals surface area contributed by atoms with E-state index >= 15 is 0 Å². The number of anilines is 1. The van der Waals surface area contributed by atoms with Crippen LogP contribution in [-0.2, 0) is 20.0 Å². The second kappa shape index (κ2) is 5.63. The van der Waals surface area contributed by atoms with Gasteiger partial charge in [0.15, 0.2) is 0 Å². The first kappa shape index (κ1) is 16.2. The summed E-state index contributed by atoms with van der Waals surface area (Å²) in [6.45, 7) is 1.24. The fourth-order valence-electron chi connectivity index (χ4n) is 1.35. The van der Waals surface area contributed by atoms with Crippen molar-refractivity contribution in [1.29, 1.82) is 0 Å². The number of aryl methyl sites for hydroxylation is 1. The summed E-state index contributed by atoms with van der Waals surface area (Å²) in [5, 5.41) is 5.03. The maximum atomic E-state index is 12.0. The van der Waals surface area contributed by atoms with Gasteiger partial charge in [0.2, 0.25) is 20.0 Å². The average Bonchev–Trinajstić information content (AvgIpc) is 2.20. The van der Waals surface area contributed by atoms with E-state index in [1.54, 1.807) is 6.92 Å². The molecule has 0 aliphatic heterocycles. The van der Waals surface area contributed by atoms with Gasteiger partial charge in [-0.1, -0.05) is 11.6 Å². The SMILES string of the molecule is Cc1cc(Cl)c(N)cc1S(=O)(=O)NCCS(N)(=O)=O. The Morgan fingerprint density at radius 2 is 1.84 bits per heavy atom. The highest BCUT2D eigenvalue weighted by molar-refractivity contribution is 7.90. The minimum Gasteiger partial charge on any atom is -0.397 e. The molecule has 0 fully saturated rings. The first-order chi connectivity index (χ1) is 8.53. The van der Waals surface area contributed by atoms with E-state index in [0.29, 0.717) is 5.56 Å². The molecular formula is C9H14ClN3O4S2. The quantitative estimate of drug-likeness (QED) is 0.644. The summed E-state index contributed by atoms with van der Waals surface area (Å²) in [6, 6.07) is 2.64. The van der Waals surface area contributed by atoms with Gasteiger partial charge in [-0.15, -0.1) is 0 Å². The zero-order valence-electron chi connectivity index (χ0n) is 10.1. The van der Waals surface area contributed by atoms with E-state index in [1.165, 1.54) is 12.1 Å². The molecule has 10 heteroatoms. The Balaban J connectivity index is 2.98. The van der Waals surface area contributed by atoms with Crippen LogP contribution in [0.4, 0.5) is 5.69 Å². The predicted molar refractivity (Wildman–Crippen MR) is 73.8 cm³/mol. The van der Waals surface area contributed by atoms with Gasteiger partial charge in [0.05, 0.1) is 21.4 Å². The summed E-state index contributed by atoms with van der Waals surface area (Å²) in [7, 11) is -7.59. The van der Waals surface area contributed by atoms with Gasteiger partial charge in [-0.25, -0.2) is 26.7 Å². The molecule has 5 N–H and O–H groups in total.